The van der Waals surface area contributed by atoms with Crippen molar-refractivity contribution in [2.45, 2.75) is 6.54 Å². The zero-order valence-electron chi connectivity index (χ0n) is 14.2. The number of carboxylic acids is 1. The van der Waals surface area contributed by atoms with Crippen molar-refractivity contribution in [2.75, 3.05) is 0 Å². The summed E-state index contributed by atoms with van der Waals surface area (Å²) in [7, 11) is 0. The van der Waals surface area contributed by atoms with Crippen LogP contribution in [0.1, 0.15) is 21.9 Å². The highest BCUT2D eigenvalue weighted by molar-refractivity contribution is 6.30. The van der Waals surface area contributed by atoms with Crippen molar-refractivity contribution in [3.63, 3.8) is 0 Å². The van der Waals surface area contributed by atoms with Crippen LogP contribution in [0.2, 0.25) is 5.02 Å². The van der Waals surface area contributed by atoms with Crippen molar-refractivity contribution in [3.8, 4) is 0 Å². The van der Waals surface area contributed by atoms with Gasteiger partial charge in [0, 0.05) is 33.9 Å². The van der Waals surface area contributed by atoms with Gasteiger partial charge < -0.3 is 14.1 Å². The molecule has 4 aromatic rings. The fraction of sp³-hybridized carbons (Fsp3) is 0.0476. The third-order valence-corrected chi connectivity index (χ3v) is 4.41. The molecular formula is C21H15ClN2O3. The first-order valence-electron chi connectivity index (χ1n) is 8.30. The molecule has 0 aliphatic heterocycles. The van der Waals surface area contributed by atoms with Gasteiger partial charge in [0.15, 0.2) is 0 Å². The van der Waals surface area contributed by atoms with Gasteiger partial charge in [-0.15, -0.1) is 0 Å². The van der Waals surface area contributed by atoms with Gasteiger partial charge in [0.25, 0.3) is 0 Å². The molecule has 0 bridgehead atoms. The average molecular weight is 379 g/mol. The normalized spacial score (nSPS) is 11.4. The number of carboxylic acid groups (broad SMARTS) is 1. The molecule has 0 amide bonds. The van der Waals surface area contributed by atoms with E-state index in [-0.39, 0.29) is 5.76 Å². The Labute approximate surface area is 160 Å². The van der Waals surface area contributed by atoms with E-state index >= 15 is 0 Å². The van der Waals surface area contributed by atoms with Crippen LogP contribution in [-0.2, 0) is 6.54 Å². The van der Waals surface area contributed by atoms with Gasteiger partial charge in [0.05, 0.1) is 12.2 Å². The lowest BCUT2D eigenvalue weighted by molar-refractivity contribution is 0.0660. The van der Waals surface area contributed by atoms with E-state index in [2.05, 4.69) is 4.99 Å². The summed E-state index contributed by atoms with van der Waals surface area (Å²) in [5, 5.41) is 10.7. The first kappa shape index (κ1) is 17.1. The molecule has 0 unspecified atom stereocenters. The van der Waals surface area contributed by atoms with Crippen LogP contribution in [-0.4, -0.2) is 21.9 Å². The van der Waals surface area contributed by atoms with Gasteiger partial charge in [0.1, 0.15) is 5.76 Å². The zero-order valence-corrected chi connectivity index (χ0v) is 14.9. The number of halogens is 1. The molecule has 6 heteroatoms. The van der Waals surface area contributed by atoms with Gasteiger partial charge in [-0.2, -0.15) is 0 Å². The number of hydrogen-bond acceptors (Lipinski definition) is 3. The number of rotatable bonds is 5. The highest BCUT2D eigenvalue weighted by atomic mass is 35.5. The number of nitrogens with zero attached hydrogens (tertiary/aromatic N) is 2. The topological polar surface area (TPSA) is 67.7 Å². The van der Waals surface area contributed by atoms with Crippen LogP contribution in [0.5, 0.6) is 0 Å². The number of furan rings is 1. The Morgan fingerprint density at radius 3 is 2.78 bits per heavy atom. The van der Waals surface area contributed by atoms with Crippen molar-refractivity contribution in [3.05, 3.63) is 89.0 Å². The Balaban J connectivity index is 1.69. The summed E-state index contributed by atoms with van der Waals surface area (Å²) in [6.07, 6.45) is 3.77. The summed E-state index contributed by atoms with van der Waals surface area (Å²) in [6.45, 7) is 0.429. The summed E-state index contributed by atoms with van der Waals surface area (Å²) in [4.78, 5) is 15.5. The van der Waals surface area contributed by atoms with E-state index in [1.807, 2.05) is 47.2 Å². The second kappa shape index (κ2) is 7.13. The Morgan fingerprint density at radius 1 is 1.15 bits per heavy atom. The van der Waals surface area contributed by atoms with Crippen molar-refractivity contribution < 1.29 is 14.3 Å². The number of para-hydroxylation sites is 1. The van der Waals surface area contributed by atoms with E-state index in [0.717, 1.165) is 22.2 Å². The molecule has 134 valence electrons. The summed E-state index contributed by atoms with van der Waals surface area (Å²) in [5.41, 5.74) is 2.74. The lowest BCUT2D eigenvalue weighted by atomic mass is 10.2. The Kier molecular flexibility index (Phi) is 4.52. The lowest BCUT2D eigenvalue weighted by Crippen LogP contribution is -1.97. The molecule has 0 aliphatic rings. The maximum Gasteiger partial charge on any atom is 0.371 e. The number of hydrogen-bond donors (Lipinski definition) is 1. The summed E-state index contributed by atoms with van der Waals surface area (Å²) in [6, 6.07) is 18.5. The number of fused-ring (bicyclic) bond motifs is 1. The third kappa shape index (κ3) is 3.64. The molecule has 0 saturated heterocycles. The standard InChI is InChI=1S/C21H15ClN2O3/c22-15-4-3-5-16(10-15)23-11-14-12-24(19-7-2-1-6-18(14)19)13-17-8-9-20(27-17)21(25)26/h1-12H,13H2,(H,25,26). The fourth-order valence-electron chi connectivity index (χ4n) is 2.96. The Bertz CT molecular complexity index is 1160. The van der Waals surface area contributed by atoms with Gasteiger partial charge in [0.2, 0.25) is 5.76 Å². The predicted molar refractivity (Wildman–Crippen MR) is 105 cm³/mol. The van der Waals surface area contributed by atoms with Gasteiger partial charge in [-0.05, 0) is 36.4 Å². The molecular weight excluding hydrogens is 364 g/mol. The van der Waals surface area contributed by atoms with Crippen molar-refractivity contribution in [2.24, 2.45) is 4.99 Å². The van der Waals surface area contributed by atoms with Crippen LogP contribution in [0.25, 0.3) is 10.9 Å². The molecule has 2 heterocycles. The van der Waals surface area contributed by atoms with Crippen LogP contribution in [0.4, 0.5) is 5.69 Å². The van der Waals surface area contributed by atoms with Crippen LogP contribution >= 0.6 is 11.6 Å². The molecule has 0 radical (unpaired) electrons. The SMILES string of the molecule is O=C(O)c1ccc(Cn2cc(C=Nc3cccc(Cl)c3)c3ccccc32)o1. The highest BCUT2D eigenvalue weighted by Crippen LogP contribution is 2.23. The van der Waals surface area contributed by atoms with Crippen LogP contribution < -0.4 is 0 Å². The average Bonchev–Trinajstić information content (AvgIpc) is 3.26. The molecule has 0 fully saturated rings. The van der Waals surface area contributed by atoms with E-state index in [9.17, 15) is 4.79 Å². The number of aliphatic imine (C=N–C) groups is 1. The largest absolute Gasteiger partial charge is 0.475 e. The van der Waals surface area contributed by atoms with Crippen LogP contribution in [0.15, 0.2) is 76.3 Å². The minimum Gasteiger partial charge on any atom is -0.475 e. The number of carbonyl (C=O) groups is 1. The van der Waals surface area contributed by atoms with Crippen LogP contribution in [0, 0.1) is 0 Å². The first-order valence-corrected chi connectivity index (χ1v) is 8.67. The molecule has 2 aromatic heterocycles. The van der Waals surface area contributed by atoms with E-state index in [4.69, 9.17) is 21.1 Å². The highest BCUT2D eigenvalue weighted by Gasteiger charge is 2.12. The molecule has 1 N–H and O–H groups in total. The van der Waals surface area contributed by atoms with E-state index < -0.39 is 5.97 Å². The minimum atomic E-state index is -1.08. The van der Waals surface area contributed by atoms with Gasteiger partial charge >= 0.3 is 5.97 Å². The summed E-state index contributed by atoms with van der Waals surface area (Å²) < 4.78 is 7.39. The molecule has 4 rings (SSSR count). The van der Waals surface area contributed by atoms with E-state index in [1.165, 1.54) is 6.07 Å². The Morgan fingerprint density at radius 2 is 2.00 bits per heavy atom. The maximum atomic E-state index is 11.0. The molecule has 0 spiro atoms. The van der Waals surface area contributed by atoms with Gasteiger partial charge in [-0.1, -0.05) is 35.9 Å². The fourth-order valence-corrected chi connectivity index (χ4v) is 3.14. The Hall–Kier alpha value is -3.31. The molecule has 0 atom stereocenters. The number of benzene rings is 2. The van der Waals surface area contributed by atoms with Gasteiger partial charge in [-0.25, -0.2) is 4.79 Å². The molecule has 0 saturated carbocycles. The monoisotopic (exact) mass is 378 g/mol. The molecule has 5 nitrogen and oxygen atoms in total. The molecule has 0 aliphatic carbocycles. The van der Waals surface area contributed by atoms with Crippen molar-refractivity contribution >= 4 is 40.4 Å². The number of aromatic nitrogens is 1. The van der Waals surface area contributed by atoms with Crippen molar-refractivity contribution in [1.29, 1.82) is 0 Å². The second-order valence-electron chi connectivity index (χ2n) is 6.04. The lowest BCUT2D eigenvalue weighted by Gasteiger charge is -2.02. The zero-order chi connectivity index (χ0) is 18.8. The summed E-state index contributed by atoms with van der Waals surface area (Å²) in [5.74, 6) is -0.566. The van der Waals surface area contributed by atoms with Crippen LogP contribution in [0.3, 0.4) is 0 Å². The molecule has 2 aromatic carbocycles. The summed E-state index contributed by atoms with van der Waals surface area (Å²) >= 11 is 6.01. The van der Waals surface area contributed by atoms with E-state index in [1.54, 1.807) is 24.4 Å². The number of aromatic carboxylic acids is 1. The predicted octanol–water partition coefficient (Wildman–Crippen LogP) is 5.38. The molecule has 27 heavy (non-hydrogen) atoms. The third-order valence-electron chi connectivity index (χ3n) is 4.18. The smallest absolute Gasteiger partial charge is 0.371 e. The van der Waals surface area contributed by atoms with Gasteiger partial charge in [-0.3, -0.25) is 4.99 Å². The first-order chi connectivity index (χ1) is 13.1. The maximum absolute atomic E-state index is 11.0. The quantitative estimate of drug-likeness (QED) is 0.474. The second-order valence-corrected chi connectivity index (χ2v) is 6.48. The van der Waals surface area contributed by atoms with Crippen molar-refractivity contribution in [1.82, 2.24) is 4.57 Å². The van der Waals surface area contributed by atoms with E-state index in [0.29, 0.717) is 17.3 Å². The minimum absolute atomic E-state index is 0.0656.